The van der Waals surface area contributed by atoms with Crippen molar-refractivity contribution in [1.29, 1.82) is 0 Å². The number of hydrogen-bond donors (Lipinski definition) is 2. The van der Waals surface area contributed by atoms with E-state index < -0.39 is 5.97 Å². The standard InChI is InChI=1S/C15H15NO2S/c16-13-5-7-14(8-6-13)19-10-12-3-1-11(2-4-12)9-15(17)18/h1-8H,9-10,16H2,(H,17,18). The Morgan fingerprint density at radius 3 is 2.16 bits per heavy atom. The van der Waals surface area contributed by atoms with E-state index in [4.69, 9.17) is 10.8 Å². The summed E-state index contributed by atoms with van der Waals surface area (Å²) in [5.74, 6) is 0.0565. The number of nitrogen functional groups attached to an aromatic ring is 1. The fourth-order valence-electron chi connectivity index (χ4n) is 1.66. The summed E-state index contributed by atoms with van der Waals surface area (Å²) in [7, 11) is 0. The lowest BCUT2D eigenvalue weighted by Gasteiger charge is -2.04. The summed E-state index contributed by atoms with van der Waals surface area (Å²) < 4.78 is 0. The zero-order chi connectivity index (χ0) is 13.7. The molecule has 0 aliphatic carbocycles. The molecule has 0 radical (unpaired) electrons. The Hall–Kier alpha value is -1.94. The number of thioether (sulfide) groups is 1. The van der Waals surface area contributed by atoms with Crippen LogP contribution in [-0.4, -0.2) is 11.1 Å². The summed E-state index contributed by atoms with van der Waals surface area (Å²) in [6, 6.07) is 15.5. The van der Waals surface area contributed by atoms with Crippen LogP contribution in [0.2, 0.25) is 0 Å². The van der Waals surface area contributed by atoms with E-state index in [1.807, 2.05) is 48.5 Å². The highest BCUT2D eigenvalue weighted by atomic mass is 32.2. The van der Waals surface area contributed by atoms with Crippen LogP contribution in [0.5, 0.6) is 0 Å². The van der Waals surface area contributed by atoms with Gasteiger partial charge in [-0.1, -0.05) is 24.3 Å². The predicted molar refractivity (Wildman–Crippen MR) is 78.2 cm³/mol. The average Bonchev–Trinajstić information content (AvgIpc) is 2.39. The van der Waals surface area contributed by atoms with Crippen LogP contribution < -0.4 is 5.73 Å². The number of carbonyl (C=O) groups is 1. The van der Waals surface area contributed by atoms with Gasteiger partial charge in [0.15, 0.2) is 0 Å². The molecule has 0 fully saturated rings. The number of aliphatic carboxylic acids is 1. The molecule has 2 rings (SSSR count). The van der Waals surface area contributed by atoms with Crippen molar-refractivity contribution in [2.24, 2.45) is 0 Å². The van der Waals surface area contributed by atoms with Crippen LogP contribution in [0.3, 0.4) is 0 Å². The molecule has 98 valence electrons. The van der Waals surface area contributed by atoms with Gasteiger partial charge in [-0.05, 0) is 35.4 Å². The molecule has 3 nitrogen and oxygen atoms in total. The Labute approximate surface area is 116 Å². The van der Waals surface area contributed by atoms with E-state index in [1.165, 1.54) is 10.5 Å². The zero-order valence-electron chi connectivity index (χ0n) is 10.4. The van der Waals surface area contributed by atoms with Crippen LogP contribution in [0.4, 0.5) is 5.69 Å². The third-order valence-electron chi connectivity index (χ3n) is 2.66. The van der Waals surface area contributed by atoms with E-state index >= 15 is 0 Å². The molecule has 0 atom stereocenters. The second kappa shape index (κ2) is 6.29. The quantitative estimate of drug-likeness (QED) is 0.648. The van der Waals surface area contributed by atoms with E-state index in [1.54, 1.807) is 11.8 Å². The second-order valence-electron chi connectivity index (χ2n) is 4.24. The molecule has 0 saturated carbocycles. The van der Waals surface area contributed by atoms with Crippen LogP contribution >= 0.6 is 11.8 Å². The topological polar surface area (TPSA) is 63.3 Å². The van der Waals surface area contributed by atoms with Gasteiger partial charge in [-0.2, -0.15) is 0 Å². The van der Waals surface area contributed by atoms with Crippen LogP contribution in [-0.2, 0) is 17.0 Å². The lowest BCUT2D eigenvalue weighted by molar-refractivity contribution is -0.136. The Kier molecular flexibility index (Phi) is 4.47. The van der Waals surface area contributed by atoms with Crippen LogP contribution in [0.15, 0.2) is 53.4 Å². The lowest BCUT2D eigenvalue weighted by atomic mass is 10.1. The largest absolute Gasteiger partial charge is 0.481 e. The fourth-order valence-corrected chi connectivity index (χ4v) is 2.51. The third-order valence-corrected chi connectivity index (χ3v) is 3.75. The fraction of sp³-hybridized carbons (Fsp3) is 0.133. The molecule has 0 aliphatic heterocycles. The molecule has 2 aromatic carbocycles. The summed E-state index contributed by atoms with van der Waals surface area (Å²) in [5, 5.41) is 8.70. The summed E-state index contributed by atoms with van der Waals surface area (Å²) in [6.45, 7) is 0. The highest BCUT2D eigenvalue weighted by Gasteiger charge is 2.01. The summed E-state index contributed by atoms with van der Waals surface area (Å²) in [6.07, 6.45) is 0.0748. The van der Waals surface area contributed by atoms with Gasteiger partial charge in [0.1, 0.15) is 0 Å². The van der Waals surface area contributed by atoms with Crippen LogP contribution in [0.1, 0.15) is 11.1 Å². The SMILES string of the molecule is Nc1ccc(SCc2ccc(CC(=O)O)cc2)cc1. The number of rotatable bonds is 5. The van der Waals surface area contributed by atoms with Crippen molar-refractivity contribution < 1.29 is 9.90 Å². The van der Waals surface area contributed by atoms with Gasteiger partial charge in [0, 0.05) is 16.3 Å². The molecule has 0 amide bonds. The first-order valence-electron chi connectivity index (χ1n) is 5.91. The molecule has 0 spiro atoms. The van der Waals surface area contributed by atoms with Crippen molar-refractivity contribution in [3.8, 4) is 0 Å². The molecule has 2 aromatic rings. The number of carboxylic acid groups (broad SMARTS) is 1. The smallest absolute Gasteiger partial charge is 0.307 e. The van der Waals surface area contributed by atoms with Crippen LogP contribution in [0.25, 0.3) is 0 Å². The maximum Gasteiger partial charge on any atom is 0.307 e. The molecule has 0 aliphatic rings. The number of anilines is 1. The van der Waals surface area contributed by atoms with E-state index in [0.29, 0.717) is 0 Å². The van der Waals surface area contributed by atoms with Crippen molar-refractivity contribution in [3.05, 3.63) is 59.7 Å². The first-order valence-corrected chi connectivity index (χ1v) is 6.90. The normalized spacial score (nSPS) is 10.3. The Balaban J connectivity index is 1.92. The van der Waals surface area contributed by atoms with Crippen molar-refractivity contribution in [1.82, 2.24) is 0 Å². The van der Waals surface area contributed by atoms with Crippen LogP contribution in [0, 0.1) is 0 Å². The maximum atomic E-state index is 10.6. The molecule has 0 bridgehead atoms. The molecule has 3 N–H and O–H groups in total. The highest BCUT2D eigenvalue weighted by molar-refractivity contribution is 7.98. The summed E-state index contributed by atoms with van der Waals surface area (Å²) in [4.78, 5) is 11.7. The minimum atomic E-state index is -0.802. The Morgan fingerprint density at radius 1 is 1.00 bits per heavy atom. The number of hydrogen-bond acceptors (Lipinski definition) is 3. The minimum absolute atomic E-state index is 0.0748. The van der Waals surface area contributed by atoms with Gasteiger partial charge in [0.25, 0.3) is 0 Å². The van der Waals surface area contributed by atoms with Gasteiger partial charge in [0.05, 0.1) is 6.42 Å². The lowest BCUT2D eigenvalue weighted by Crippen LogP contribution is -1.99. The molecule has 4 heteroatoms. The number of nitrogens with two attached hydrogens (primary N) is 1. The van der Waals surface area contributed by atoms with Gasteiger partial charge in [-0.25, -0.2) is 0 Å². The van der Waals surface area contributed by atoms with E-state index in [-0.39, 0.29) is 6.42 Å². The number of carboxylic acids is 1. The van der Waals surface area contributed by atoms with Gasteiger partial charge in [-0.15, -0.1) is 11.8 Å². The molecule has 19 heavy (non-hydrogen) atoms. The summed E-state index contributed by atoms with van der Waals surface area (Å²) >= 11 is 1.73. The number of benzene rings is 2. The monoisotopic (exact) mass is 273 g/mol. The van der Waals surface area contributed by atoms with Crippen molar-refractivity contribution >= 4 is 23.4 Å². The molecular weight excluding hydrogens is 258 g/mol. The Bertz CT molecular complexity index is 549. The van der Waals surface area contributed by atoms with Gasteiger partial charge in [-0.3, -0.25) is 4.79 Å². The summed E-state index contributed by atoms with van der Waals surface area (Å²) in [5.41, 5.74) is 8.40. The van der Waals surface area contributed by atoms with Gasteiger partial charge >= 0.3 is 5.97 Å². The molecule has 0 unspecified atom stereocenters. The third kappa shape index (κ3) is 4.34. The minimum Gasteiger partial charge on any atom is -0.481 e. The van der Waals surface area contributed by atoms with E-state index in [0.717, 1.165) is 17.0 Å². The first-order chi connectivity index (χ1) is 9.13. The zero-order valence-corrected chi connectivity index (χ0v) is 11.2. The van der Waals surface area contributed by atoms with Crippen molar-refractivity contribution in [3.63, 3.8) is 0 Å². The first kappa shape index (κ1) is 13.5. The molecular formula is C15H15NO2S. The van der Waals surface area contributed by atoms with Gasteiger partial charge in [0.2, 0.25) is 0 Å². The predicted octanol–water partition coefficient (Wildman–Crippen LogP) is 3.19. The second-order valence-corrected chi connectivity index (χ2v) is 5.29. The Morgan fingerprint density at radius 2 is 1.58 bits per heavy atom. The molecule has 0 heterocycles. The van der Waals surface area contributed by atoms with Crippen molar-refractivity contribution in [2.75, 3.05) is 5.73 Å². The van der Waals surface area contributed by atoms with Gasteiger partial charge < -0.3 is 10.8 Å². The molecule has 0 saturated heterocycles. The highest BCUT2D eigenvalue weighted by Crippen LogP contribution is 2.23. The maximum absolute atomic E-state index is 10.6. The van der Waals surface area contributed by atoms with E-state index in [9.17, 15) is 4.79 Å². The van der Waals surface area contributed by atoms with Crippen molar-refractivity contribution in [2.45, 2.75) is 17.1 Å². The van der Waals surface area contributed by atoms with E-state index in [2.05, 4.69) is 0 Å². The molecule has 0 aromatic heterocycles. The average molecular weight is 273 g/mol.